The summed E-state index contributed by atoms with van der Waals surface area (Å²) in [6.45, 7) is 2.31. The molecule has 0 aromatic carbocycles. The number of methoxy groups -OCH3 is 1. The number of hydrogen-bond donors (Lipinski definition) is 1. The molecule has 2 aromatic rings. The van der Waals surface area contributed by atoms with Crippen molar-refractivity contribution in [3.63, 3.8) is 0 Å². The zero-order valence-corrected chi connectivity index (χ0v) is 14.3. The summed E-state index contributed by atoms with van der Waals surface area (Å²) in [6.07, 6.45) is 3.08. The number of fused-ring (bicyclic) bond motifs is 1. The average molecular weight is 330 g/mol. The zero-order valence-electron chi connectivity index (χ0n) is 14.3. The number of carbonyl (C=O) groups is 2. The normalized spacial score (nSPS) is 14.0. The van der Waals surface area contributed by atoms with Crippen LogP contribution in [0.2, 0.25) is 0 Å². The molecule has 128 valence electrons. The first-order valence-corrected chi connectivity index (χ1v) is 8.20. The molecule has 2 aromatic heterocycles. The van der Waals surface area contributed by atoms with E-state index in [-0.39, 0.29) is 11.9 Å². The number of aromatic nitrogens is 3. The third kappa shape index (κ3) is 3.25. The highest BCUT2D eigenvalue weighted by molar-refractivity contribution is 6.06. The van der Waals surface area contributed by atoms with Crippen LogP contribution in [-0.2, 0) is 16.6 Å². The molecule has 3 rings (SSSR count). The number of aryl methyl sites for hydroxylation is 2. The zero-order chi connectivity index (χ0) is 17.3. The fraction of sp³-hybridized carbons (Fsp3) is 0.529. The van der Waals surface area contributed by atoms with E-state index in [0.717, 1.165) is 35.3 Å². The molecule has 7 heteroatoms. The molecule has 0 bridgehead atoms. The van der Waals surface area contributed by atoms with Gasteiger partial charge >= 0.3 is 5.97 Å². The van der Waals surface area contributed by atoms with Crippen molar-refractivity contribution in [2.24, 2.45) is 7.05 Å². The van der Waals surface area contributed by atoms with Crippen molar-refractivity contribution >= 4 is 22.9 Å². The van der Waals surface area contributed by atoms with Crippen LogP contribution in [0.25, 0.3) is 11.0 Å². The predicted molar refractivity (Wildman–Crippen MR) is 88.8 cm³/mol. The Hall–Kier alpha value is -2.44. The lowest BCUT2D eigenvalue weighted by atomic mass is 10.1. The van der Waals surface area contributed by atoms with E-state index in [4.69, 9.17) is 4.98 Å². The number of nitrogens with one attached hydrogen (secondary N) is 1. The second-order valence-corrected chi connectivity index (χ2v) is 6.21. The maximum atomic E-state index is 12.6. The third-order valence-corrected chi connectivity index (χ3v) is 4.30. The van der Waals surface area contributed by atoms with Crippen LogP contribution in [0.3, 0.4) is 0 Å². The molecule has 7 nitrogen and oxygen atoms in total. The van der Waals surface area contributed by atoms with Crippen LogP contribution >= 0.6 is 0 Å². The Labute approximate surface area is 140 Å². The molecule has 1 amide bonds. The molecule has 24 heavy (non-hydrogen) atoms. The maximum absolute atomic E-state index is 12.6. The van der Waals surface area contributed by atoms with Gasteiger partial charge in [0.1, 0.15) is 0 Å². The van der Waals surface area contributed by atoms with Gasteiger partial charge in [0, 0.05) is 31.6 Å². The molecule has 0 spiro atoms. The first-order chi connectivity index (χ1) is 11.5. The molecule has 0 saturated heterocycles. The predicted octanol–water partition coefficient (Wildman–Crippen LogP) is 1.84. The molecule has 1 N–H and O–H groups in total. The highest BCUT2D eigenvalue weighted by Crippen LogP contribution is 2.40. The molecule has 1 fully saturated rings. The summed E-state index contributed by atoms with van der Waals surface area (Å²) in [6, 6.07) is 1.89. The van der Waals surface area contributed by atoms with Gasteiger partial charge < -0.3 is 10.1 Å². The van der Waals surface area contributed by atoms with Crippen molar-refractivity contribution in [1.29, 1.82) is 0 Å². The number of nitrogens with zero attached hydrogens (tertiary/aromatic N) is 3. The number of esters is 1. The van der Waals surface area contributed by atoms with Crippen LogP contribution in [0, 0.1) is 6.92 Å². The first kappa shape index (κ1) is 16.4. The molecule has 1 saturated carbocycles. The lowest BCUT2D eigenvalue weighted by Crippen LogP contribution is -2.25. The van der Waals surface area contributed by atoms with Gasteiger partial charge in [-0.15, -0.1) is 0 Å². The van der Waals surface area contributed by atoms with E-state index in [2.05, 4.69) is 15.2 Å². The molecule has 0 unspecified atom stereocenters. The molecular formula is C17H22N4O3. The lowest BCUT2D eigenvalue weighted by molar-refractivity contribution is -0.140. The van der Waals surface area contributed by atoms with E-state index >= 15 is 0 Å². The average Bonchev–Trinajstić information content (AvgIpc) is 3.37. The topological polar surface area (TPSA) is 86.1 Å². The largest absolute Gasteiger partial charge is 0.469 e. The lowest BCUT2D eigenvalue weighted by Gasteiger charge is -2.08. The second-order valence-electron chi connectivity index (χ2n) is 6.21. The van der Waals surface area contributed by atoms with Crippen LogP contribution < -0.4 is 5.32 Å². The Morgan fingerprint density at radius 1 is 1.42 bits per heavy atom. The van der Waals surface area contributed by atoms with Crippen molar-refractivity contribution in [3.8, 4) is 0 Å². The number of hydrogen-bond acceptors (Lipinski definition) is 5. The molecule has 0 aliphatic heterocycles. The molecule has 0 atom stereocenters. The van der Waals surface area contributed by atoms with Gasteiger partial charge in [-0.3, -0.25) is 14.3 Å². The fourth-order valence-corrected chi connectivity index (χ4v) is 2.86. The van der Waals surface area contributed by atoms with E-state index in [9.17, 15) is 9.59 Å². The summed E-state index contributed by atoms with van der Waals surface area (Å²) in [5.74, 6) is 0.0374. The number of pyridine rings is 1. The van der Waals surface area contributed by atoms with E-state index < -0.39 is 0 Å². The maximum Gasteiger partial charge on any atom is 0.305 e. The van der Waals surface area contributed by atoms with Gasteiger partial charge in [-0.1, -0.05) is 0 Å². The van der Waals surface area contributed by atoms with Crippen LogP contribution in [0.1, 0.15) is 53.3 Å². The second kappa shape index (κ2) is 6.59. The molecule has 0 radical (unpaired) electrons. The molecular weight excluding hydrogens is 308 g/mol. The Kier molecular flexibility index (Phi) is 4.51. The SMILES string of the molecule is COC(=O)CCCNC(=O)c1cc(C2CC2)nc2c1c(C)nn2C. The van der Waals surface area contributed by atoms with Crippen molar-refractivity contribution < 1.29 is 14.3 Å². The molecule has 2 heterocycles. The summed E-state index contributed by atoms with van der Waals surface area (Å²) in [5, 5.41) is 8.08. The van der Waals surface area contributed by atoms with Crippen LogP contribution in [0.15, 0.2) is 6.07 Å². The Morgan fingerprint density at radius 2 is 2.17 bits per heavy atom. The van der Waals surface area contributed by atoms with Crippen molar-refractivity contribution in [3.05, 3.63) is 23.0 Å². The van der Waals surface area contributed by atoms with Crippen molar-refractivity contribution in [1.82, 2.24) is 20.1 Å². The first-order valence-electron chi connectivity index (χ1n) is 8.20. The van der Waals surface area contributed by atoms with Crippen molar-refractivity contribution in [2.45, 2.75) is 38.5 Å². The Morgan fingerprint density at radius 3 is 2.83 bits per heavy atom. The smallest absolute Gasteiger partial charge is 0.305 e. The monoisotopic (exact) mass is 330 g/mol. The van der Waals surface area contributed by atoms with E-state index in [0.29, 0.717) is 30.9 Å². The van der Waals surface area contributed by atoms with Gasteiger partial charge in [-0.2, -0.15) is 5.10 Å². The van der Waals surface area contributed by atoms with E-state index in [1.807, 2.05) is 20.0 Å². The highest BCUT2D eigenvalue weighted by atomic mass is 16.5. The van der Waals surface area contributed by atoms with Gasteiger partial charge in [0.05, 0.1) is 23.8 Å². The quantitative estimate of drug-likeness (QED) is 0.645. The standard InChI is InChI=1S/C17H22N4O3/c1-10-15-12(17(23)18-8-4-5-14(22)24-3)9-13(11-6-7-11)19-16(15)21(2)20-10/h9,11H,4-8H2,1-3H3,(H,18,23). The summed E-state index contributed by atoms with van der Waals surface area (Å²) in [7, 11) is 3.20. The number of carbonyl (C=O) groups excluding carboxylic acids is 2. The molecule has 1 aliphatic rings. The van der Waals surface area contributed by atoms with Gasteiger partial charge in [0.15, 0.2) is 5.65 Å². The summed E-state index contributed by atoms with van der Waals surface area (Å²) in [5.41, 5.74) is 3.12. The molecule has 1 aliphatic carbocycles. The minimum Gasteiger partial charge on any atom is -0.469 e. The van der Waals surface area contributed by atoms with Gasteiger partial charge in [0.2, 0.25) is 0 Å². The number of amides is 1. The number of ether oxygens (including phenoxy) is 1. The van der Waals surface area contributed by atoms with Crippen LogP contribution in [0.4, 0.5) is 0 Å². The minimum atomic E-state index is -0.269. The third-order valence-electron chi connectivity index (χ3n) is 4.30. The Balaban J connectivity index is 1.81. The van der Waals surface area contributed by atoms with Crippen LogP contribution in [-0.4, -0.2) is 40.3 Å². The fourth-order valence-electron chi connectivity index (χ4n) is 2.86. The number of rotatable bonds is 6. The highest BCUT2D eigenvalue weighted by Gasteiger charge is 2.28. The van der Waals surface area contributed by atoms with Crippen LogP contribution in [0.5, 0.6) is 0 Å². The summed E-state index contributed by atoms with van der Waals surface area (Å²) >= 11 is 0. The van der Waals surface area contributed by atoms with E-state index in [1.54, 1.807) is 4.68 Å². The summed E-state index contributed by atoms with van der Waals surface area (Å²) < 4.78 is 6.32. The van der Waals surface area contributed by atoms with E-state index in [1.165, 1.54) is 7.11 Å². The van der Waals surface area contributed by atoms with Gasteiger partial charge in [-0.25, -0.2) is 4.98 Å². The van der Waals surface area contributed by atoms with Gasteiger partial charge in [-0.05, 0) is 32.3 Å². The van der Waals surface area contributed by atoms with Gasteiger partial charge in [0.25, 0.3) is 5.91 Å². The van der Waals surface area contributed by atoms with Crippen molar-refractivity contribution in [2.75, 3.05) is 13.7 Å². The Bertz CT molecular complexity index is 793. The summed E-state index contributed by atoms with van der Waals surface area (Å²) in [4.78, 5) is 28.4. The minimum absolute atomic E-state index is 0.148.